The minimum atomic E-state index is -0.603. The van der Waals surface area contributed by atoms with Gasteiger partial charge < -0.3 is 15.8 Å². The van der Waals surface area contributed by atoms with E-state index in [0.717, 1.165) is 0 Å². The maximum Gasteiger partial charge on any atom is 0.258 e. The lowest BCUT2D eigenvalue weighted by Gasteiger charge is -2.16. The van der Waals surface area contributed by atoms with Gasteiger partial charge in [0.05, 0.1) is 7.11 Å². The van der Waals surface area contributed by atoms with Crippen LogP contribution in [0.25, 0.3) is 0 Å². The maximum atomic E-state index is 13.6. The molecule has 17 heavy (non-hydrogen) atoms. The highest BCUT2D eigenvalue weighted by Crippen LogP contribution is 2.20. The van der Waals surface area contributed by atoms with Gasteiger partial charge in [-0.2, -0.15) is 0 Å². The van der Waals surface area contributed by atoms with Crippen molar-refractivity contribution < 1.29 is 13.9 Å². The van der Waals surface area contributed by atoms with Gasteiger partial charge in [-0.25, -0.2) is 4.39 Å². The van der Waals surface area contributed by atoms with E-state index in [9.17, 15) is 9.18 Å². The number of carbonyl (C=O) groups is 1. The third kappa shape index (κ3) is 3.17. The molecule has 1 unspecified atom stereocenters. The molecule has 3 N–H and O–H groups in total. The van der Waals surface area contributed by atoms with E-state index in [0.29, 0.717) is 13.0 Å². The number of rotatable bonds is 5. The van der Waals surface area contributed by atoms with Crippen LogP contribution in [0.5, 0.6) is 5.75 Å². The molecule has 0 saturated heterocycles. The van der Waals surface area contributed by atoms with E-state index in [2.05, 4.69) is 5.32 Å². The second-order valence-electron chi connectivity index (χ2n) is 3.63. The largest absolute Gasteiger partial charge is 0.496 e. The Bertz CT molecular complexity index is 392. The fourth-order valence-corrected chi connectivity index (χ4v) is 1.48. The molecule has 0 aliphatic rings. The van der Waals surface area contributed by atoms with Gasteiger partial charge in [0.1, 0.15) is 17.1 Å². The molecule has 1 amide bonds. The van der Waals surface area contributed by atoms with Crippen LogP contribution in [-0.4, -0.2) is 25.6 Å². The van der Waals surface area contributed by atoms with Crippen LogP contribution in [0.4, 0.5) is 4.39 Å². The van der Waals surface area contributed by atoms with Gasteiger partial charge in [-0.3, -0.25) is 4.79 Å². The standard InChI is InChI=1S/C12H17FN2O2/c1-3-8(7-14)15-12(16)11-9(13)5-4-6-10(11)17-2/h4-6,8H,3,7,14H2,1-2H3,(H,15,16). The van der Waals surface area contributed by atoms with E-state index >= 15 is 0 Å². The highest BCUT2D eigenvalue weighted by Gasteiger charge is 2.19. The predicted octanol–water partition coefficient (Wildman–Crippen LogP) is 1.30. The first-order valence-corrected chi connectivity index (χ1v) is 5.47. The van der Waals surface area contributed by atoms with Crippen LogP contribution in [0, 0.1) is 5.82 Å². The molecule has 1 atom stereocenters. The van der Waals surface area contributed by atoms with Gasteiger partial charge in [0, 0.05) is 12.6 Å². The fourth-order valence-electron chi connectivity index (χ4n) is 1.48. The quantitative estimate of drug-likeness (QED) is 0.815. The topological polar surface area (TPSA) is 64.3 Å². The second-order valence-corrected chi connectivity index (χ2v) is 3.63. The number of hydrogen-bond donors (Lipinski definition) is 2. The number of carbonyl (C=O) groups excluding carboxylic acids is 1. The number of hydrogen-bond acceptors (Lipinski definition) is 3. The number of benzene rings is 1. The molecule has 0 aliphatic carbocycles. The summed E-state index contributed by atoms with van der Waals surface area (Å²) in [7, 11) is 1.39. The number of ether oxygens (including phenoxy) is 1. The molecular weight excluding hydrogens is 223 g/mol. The Morgan fingerprint density at radius 2 is 2.29 bits per heavy atom. The van der Waals surface area contributed by atoms with Crippen LogP contribution < -0.4 is 15.8 Å². The Kier molecular flexibility index (Phi) is 4.90. The molecule has 94 valence electrons. The second kappa shape index (κ2) is 6.20. The summed E-state index contributed by atoms with van der Waals surface area (Å²) in [6.07, 6.45) is 0.693. The SMILES string of the molecule is CCC(CN)NC(=O)c1c(F)cccc1OC. The average Bonchev–Trinajstić information content (AvgIpc) is 2.35. The van der Waals surface area contributed by atoms with Crippen molar-refractivity contribution in [2.24, 2.45) is 5.73 Å². The molecule has 0 fully saturated rings. The van der Waals surface area contributed by atoms with Gasteiger partial charge >= 0.3 is 0 Å². The molecule has 0 aliphatic heterocycles. The van der Waals surface area contributed by atoms with Crippen molar-refractivity contribution in [3.05, 3.63) is 29.6 Å². The summed E-state index contributed by atoms with van der Waals surface area (Å²) in [6.45, 7) is 2.22. The van der Waals surface area contributed by atoms with E-state index in [4.69, 9.17) is 10.5 Å². The number of amides is 1. The minimum Gasteiger partial charge on any atom is -0.496 e. The van der Waals surface area contributed by atoms with Crippen LogP contribution >= 0.6 is 0 Å². The third-order valence-corrected chi connectivity index (χ3v) is 2.53. The fraction of sp³-hybridized carbons (Fsp3) is 0.417. The summed E-state index contributed by atoms with van der Waals surface area (Å²) < 4.78 is 18.5. The molecular formula is C12H17FN2O2. The molecule has 1 aromatic carbocycles. The molecule has 1 aromatic rings. The molecule has 0 radical (unpaired) electrons. The number of nitrogens with two attached hydrogens (primary N) is 1. The summed E-state index contributed by atoms with van der Waals surface area (Å²) >= 11 is 0. The van der Waals surface area contributed by atoms with Gasteiger partial charge in [0.25, 0.3) is 5.91 Å². The number of methoxy groups -OCH3 is 1. The highest BCUT2D eigenvalue weighted by atomic mass is 19.1. The molecule has 0 spiro atoms. The highest BCUT2D eigenvalue weighted by molar-refractivity contribution is 5.97. The van der Waals surface area contributed by atoms with Crippen molar-refractivity contribution in [1.29, 1.82) is 0 Å². The minimum absolute atomic E-state index is 0.0816. The zero-order valence-electron chi connectivity index (χ0n) is 10.00. The van der Waals surface area contributed by atoms with E-state index in [-0.39, 0.29) is 17.4 Å². The Balaban J connectivity index is 2.95. The lowest BCUT2D eigenvalue weighted by atomic mass is 10.1. The molecule has 4 nitrogen and oxygen atoms in total. The van der Waals surface area contributed by atoms with E-state index in [1.807, 2.05) is 6.92 Å². The van der Waals surface area contributed by atoms with Gasteiger partial charge in [-0.05, 0) is 18.6 Å². The lowest BCUT2D eigenvalue weighted by Crippen LogP contribution is -2.40. The maximum absolute atomic E-state index is 13.6. The van der Waals surface area contributed by atoms with E-state index in [1.165, 1.54) is 19.2 Å². The summed E-state index contributed by atoms with van der Waals surface area (Å²) in [5.74, 6) is -0.889. The van der Waals surface area contributed by atoms with Crippen molar-refractivity contribution in [3.8, 4) is 5.75 Å². The van der Waals surface area contributed by atoms with Gasteiger partial charge in [-0.15, -0.1) is 0 Å². The van der Waals surface area contributed by atoms with Crippen LogP contribution in [0.3, 0.4) is 0 Å². The zero-order valence-corrected chi connectivity index (χ0v) is 10.00. The van der Waals surface area contributed by atoms with Crippen LogP contribution in [0.2, 0.25) is 0 Å². The molecule has 0 saturated carbocycles. The van der Waals surface area contributed by atoms with Crippen molar-refractivity contribution in [1.82, 2.24) is 5.32 Å². The average molecular weight is 240 g/mol. The smallest absolute Gasteiger partial charge is 0.258 e. The van der Waals surface area contributed by atoms with Crippen LogP contribution in [0.15, 0.2) is 18.2 Å². The van der Waals surface area contributed by atoms with Gasteiger partial charge in [0.15, 0.2) is 0 Å². The summed E-state index contributed by atoms with van der Waals surface area (Å²) in [5.41, 5.74) is 5.40. The van der Waals surface area contributed by atoms with E-state index in [1.54, 1.807) is 6.07 Å². The van der Waals surface area contributed by atoms with Crippen molar-refractivity contribution in [2.45, 2.75) is 19.4 Å². The number of halogens is 1. The van der Waals surface area contributed by atoms with Gasteiger partial charge in [0.2, 0.25) is 0 Å². The van der Waals surface area contributed by atoms with Crippen LogP contribution in [0.1, 0.15) is 23.7 Å². The zero-order chi connectivity index (χ0) is 12.8. The Hall–Kier alpha value is -1.62. The summed E-state index contributed by atoms with van der Waals surface area (Å²) in [6, 6.07) is 4.10. The lowest BCUT2D eigenvalue weighted by molar-refractivity contribution is 0.0930. The first-order chi connectivity index (χ1) is 8.13. The monoisotopic (exact) mass is 240 g/mol. The molecule has 0 bridgehead atoms. The molecule has 1 rings (SSSR count). The van der Waals surface area contributed by atoms with E-state index < -0.39 is 11.7 Å². The first-order valence-electron chi connectivity index (χ1n) is 5.47. The normalized spacial score (nSPS) is 12.0. The Labute approximate surface area is 100.0 Å². The first kappa shape index (κ1) is 13.4. The van der Waals surface area contributed by atoms with Crippen LogP contribution in [-0.2, 0) is 0 Å². The third-order valence-electron chi connectivity index (χ3n) is 2.53. The van der Waals surface area contributed by atoms with Crippen molar-refractivity contribution in [3.63, 3.8) is 0 Å². The van der Waals surface area contributed by atoms with Gasteiger partial charge in [-0.1, -0.05) is 13.0 Å². The summed E-state index contributed by atoms with van der Waals surface area (Å²) in [5, 5.41) is 2.66. The Morgan fingerprint density at radius 3 is 2.82 bits per heavy atom. The predicted molar refractivity (Wildman–Crippen MR) is 63.6 cm³/mol. The van der Waals surface area contributed by atoms with Crippen molar-refractivity contribution >= 4 is 5.91 Å². The molecule has 5 heteroatoms. The van der Waals surface area contributed by atoms with Crippen molar-refractivity contribution in [2.75, 3.05) is 13.7 Å². The Morgan fingerprint density at radius 1 is 1.59 bits per heavy atom. The number of nitrogens with one attached hydrogen (secondary N) is 1. The molecule has 0 heterocycles. The summed E-state index contributed by atoms with van der Waals surface area (Å²) in [4.78, 5) is 11.9. The molecule has 0 aromatic heterocycles.